The third-order valence-electron chi connectivity index (χ3n) is 14.9. The van der Waals surface area contributed by atoms with Crippen LogP contribution in [-0.2, 0) is 5.41 Å². The number of hydrogen-bond acceptors (Lipinski definition) is 1. The molecule has 1 atom stereocenters. The Morgan fingerprint density at radius 3 is 1.37 bits per heavy atom. The largest absolute Gasteiger partial charge is 0.309 e. The van der Waals surface area contributed by atoms with Crippen LogP contribution in [0, 0.1) is 0 Å². The van der Waals surface area contributed by atoms with Gasteiger partial charge in [0.05, 0.1) is 5.69 Å². The third kappa shape index (κ3) is 7.08. The van der Waals surface area contributed by atoms with Gasteiger partial charge < -0.3 is 4.90 Å². The molecule has 1 aliphatic rings. The molecule has 0 bridgehead atoms. The van der Waals surface area contributed by atoms with Crippen molar-refractivity contribution in [1.82, 2.24) is 0 Å². The SMILES string of the molecule is CC1(c2ccccc2)c2ccccc2-c2ccc(N(c3cccc(-c4ccc5c(c4)c(-c4ccccc4)c(-c4ccccc4)c4ccccc45)c3)c3c(-c4ccccc4)cccc3-c3ccccc3)cc21. The monoisotopic (exact) mass is 903 g/mol. The van der Waals surface area contributed by atoms with Crippen LogP contribution in [0.1, 0.15) is 23.6 Å². The minimum Gasteiger partial charge on any atom is -0.309 e. The molecular formula is C70H49N. The highest BCUT2D eigenvalue weighted by Gasteiger charge is 2.41. The Bertz CT molecular complexity index is 3860. The average Bonchev–Trinajstić information content (AvgIpc) is 3.72. The number of fused-ring (bicyclic) bond motifs is 6. The van der Waals surface area contributed by atoms with E-state index in [2.05, 4.69) is 291 Å². The predicted molar refractivity (Wildman–Crippen MR) is 301 cm³/mol. The molecule has 0 saturated heterocycles. The molecule has 1 heteroatoms. The molecule has 1 nitrogen and oxygen atoms in total. The van der Waals surface area contributed by atoms with Crippen molar-refractivity contribution in [3.63, 3.8) is 0 Å². The average molecular weight is 904 g/mol. The van der Waals surface area contributed by atoms with Gasteiger partial charge in [-0.2, -0.15) is 0 Å². The molecular weight excluding hydrogens is 855 g/mol. The van der Waals surface area contributed by atoms with Crippen LogP contribution in [0.2, 0.25) is 0 Å². The highest BCUT2D eigenvalue weighted by atomic mass is 15.1. The zero-order valence-corrected chi connectivity index (χ0v) is 39.5. The summed E-state index contributed by atoms with van der Waals surface area (Å²) in [4.78, 5) is 2.53. The summed E-state index contributed by atoms with van der Waals surface area (Å²) in [6, 6.07) is 103. The first-order valence-electron chi connectivity index (χ1n) is 24.7. The molecule has 1 aliphatic carbocycles. The van der Waals surface area contributed by atoms with Gasteiger partial charge in [0.2, 0.25) is 0 Å². The first-order valence-corrected chi connectivity index (χ1v) is 24.7. The molecule has 0 amide bonds. The van der Waals surface area contributed by atoms with Gasteiger partial charge in [-0.25, -0.2) is 0 Å². The van der Waals surface area contributed by atoms with E-state index in [-0.39, 0.29) is 5.41 Å². The second-order valence-electron chi connectivity index (χ2n) is 18.9. The van der Waals surface area contributed by atoms with E-state index in [1.165, 1.54) is 71.6 Å². The maximum absolute atomic E-state index is 2.53. The Morgan fingerprint density at radius 2 is 0.718 bits per heavy atom. The molecule has 334 valence electrons. The van der Waals surface area contributed by atoms with E-state index in [1.54, 1.807) is 0 Å². The molecule has 0 aromatic heterocycles. The van der Waals surface area contributed by atoms with Crippen molar-refractivity contribution in [2.45, 2.75) is 12.3 Å². The van der Waals surface area contributed by atoms with E-state index in [4.69, 9.17) is 0 Å². The zero-order valence-electron chi connectivity index (χ0n) is 39.5. The minimum absolute atomic E-state index is 0.373. The number of hydrogen-bond donors (Lipinski definition) is 0. The lowest BCUT2D eigenvalue weighted by molar-refractivity contribution is 0.714. The van der Waals surface area contributed by atoms with E-state index in [0.717, 1.165) is 50.4 Å². The molecule has 0 radical (unpaired) electrons. The summed E-state index contributed by atoms with van der Waals surface area (Å²) < 4.78 is 0. The van der Waals surface area contributed by atoms with Crippen LogP contribution < -0.4 is 4.90 Å². The fraction of sp³-hybridized carbons (Fsp3) is 0.0286. The number of rotatable bonds is 9. The summed E-state index contributed by atoms with van der Waals surface area (Å²) in [6.07, 6.45) is 0. The fourth-order valence-corrected chi connectivity index (χ4v) is 11.6. The van der Waals surface area contributed by atoms with Gasteiger partial charge >= 0.3 is 0 Å². The lowest BCUT2D eigenvalue weighted by Gasteiger charge is -2.33. The highest BCUT2D eigenvalue weighted by molar-refractivity contribution is 6.22. The Morgan fingerprint density at radius 1 is 0.268 bits per heavy atom. The zero-order chi connectivity index (χ0) is 47.3. The quantitative estimate of drug-likeness (QED) is 0.130. The van der Waals surface area contributed by atoms with Crippen LogP contribution in [0.5, 0.6) is 0 Å². The van der Waals surface area contributed by atoms with E-state index in [1.807, 2.05) is 0 Å². The summed E-state index contributed by atoms with van der Waals surface area (Å²) in [7, 11) is 0. The van der Waals surface area contributed by atoms with Gasteiger partial charge in [-0.3, -0.25) is 0 Å². The number of benzene rings is 12. The summed E-state index contributed by atoms with van der Waals surface area (Å²) in [6.45, 7) is 2.41. The standard InChI is InChI=1S/C70H49N/c1-70(54-32-15-6-16-33-54)65-40-20-19-36-61(65)62-44-42-56(47-66(62)70)71(69-57(48-23-7-2-8-24-48)38-22-39-58(69)49-25-9-3-10-26-49)55-34-21-31-52(45-55)53-41-43-60-59-35-17-18-37-63(59)67(50-27-11-4-12-28-50)68(64(60)46-53)51-29-13-5-14-30-51/h2-47H,1H3. The Kier molecular flexibility index (Phi) is 10.4. The van der Waals surface area contributed by atoms with Crippen LogP contribution >= 0.6 is 0 Å². The van der Waals surface area contributed by atoms with Crippen LogP contribution in [0.15, 0.2) is 279 Å². The van der Waals surface area contributed by atoms with Crippen LogP contribution in [0.25, 0.3) is 88.3 Å². The Hall–Kier alpha value is -9.04. The van der Waals surface area contributed by atoms with Crippen molar-refractivity contribution in [2.24, 2.45) is 0 Å². The first-order chi connectivity index (χ1) is 35.1. The van der Waals surface area contributed by atoms with Gasteiger partial charge in [0.1, 0.15) is 0 Å². The maximum atomic E-state index is 2.53. The predicted octanol–water partition coefficient (Wildman–Crippen LogP) is 19.1. The Labute approximate surface area is 416 Å². The molecule has 12 aromatic rings. The van der Waals surface area contributed by atoms with Crippen LogP contribution in [-0.4, -0.2) is 0 Å². The van der Waals surface area contributed by atoms with E-state index in [9.17, 15) is 0 Å². The molecule has 0 N–H and O–H groups in total. The summed E-state index contributed by atoms with van der Waals surface area (Å²) in [5, 5.41) is 4.97. The topological polar surface area (TPSA) is 3.24 Å². The van der Waals surface area contributed by atoms with Crippen molar-refractivity contribution >= 4 is 38.6 Å². The first kappa shape index (κ1) is 42.1. The molecule has 0 heterocycles. The van der Waals surface area contributed by atoms with Crippen molar-refractivity contribution in [3.05, 3.63) is 296 Å². The molecule has 0 aliphatic heterocycles. The van der Waals surface area contributed by atoms with Gasteiger partial charge in [-0.1, -0.05) is 249 Å². The van der Waals surface area contributed by atoms with Crippen LogP contribution in [0.3, 0.4) is 0 Å². The maximum Gasteiger partial charge on any atom is 0.0618 e. The van der Waals surface area contributed by atoms with Gasteiger partial charge in [-0.05, 0) is 131 Å². The normalized spacial score (nSPS) is 13.8. The van der Waals surface area contributed by atoms with Crippen LogP contribution in [0.4, 0.5) is 17.1 Å². The smallest absolute Gasteiger partial charge is 0.0618 e. The lowest BCUT2D eigenvalue weighted by atomic mass is 9.74. The van der Waals surface area contributed by atoms with Gasteiger partial charge in [0.15, 0.2) is 0 Å². The molecule has 0 saturated carbocycles. The molecule has 12 aromatic carbocycles. The Balaban J connectivity index is 1.07. The van der Waals surface area contributed by atoms with Crippen molar-refractivity contribution in [2.75, 3.05) is 4.90 Å². The van der Waals surface area contributed by atoms with Crippen molar-refractivity contribution in [3.8, 4) is 66.8 Å². The van der Waals surface area contributed by atoms with E-state index < -0.39 is 0 Å². The fourth-order valence-electron chi connectivity index (χ4n) is 11.6. The molecule has 1 unspecified atom stereocenters. The molecule has 13 rings (SSSR count). The van der Waals surface area contributed by atoms with Gasteiger partial charge in [-0.15, -0.1) is 0 Å². The van der Waals surface area contributed by atoms with Crippen molar-refractivity contribution < 1.29 is 0 Å². The van der Waals surface area contributed by atoms with Crippen molar-refractivity contribution in [1.29, 1.82) is 0 Å². The highest BCUT2D eigenvalue weighted by Crippen LogP contribution is 2.55. The van der Waals surface area contributed by atoms with E-state index >= 15 is 0 Å². The molecule has 71 heavy (non-hydrogen) atoms. The molecule has 0 spiro atoms. The summed E-state index contributed by atoms with van der Waals surface area (Å²) in [5.41, 5.74) is 21.2. The summed E-state index contributed by atoms with van der Waals surface area (Å²) >= 11 is 0. The molecule has 0 fully saturated rings. The van der Waals surface area contributed by atoms with Gasteiger partial charge in [0.25, 0.3) is 0 Å². The third-order valence-corrected chi connectivity index (χ3v) is 14.9. The van der Waals surface area contributed by atoms with Gasteiger partial charge in [0, 0.05) is 27.9 Å². The number of nitrogens with zero attached hydrogens (tertiary/aromatic N) is 1. The summed E-state index contributed by atoms with van der Waals surface area (Å²) in [5.74, 6) is 0. The second kappa shape index (κ2) is 17.5. The number of anilines is 3. The number of para-hydroxylation sites is 1. The van der Waals surface area contributed by atoms with E-state index in [0.29, 0.717) is 0 Å². The second-order valence-corrected chi connectivity index (χ2v) is 18.9. The lowest BCUT2D eigenvalue weighted by Crippen LogP contribution is -2.23. The minimum atomic E-state index is -0.373.